The molecule has 114 valence electrons. The van der Waals surface area contributed by atoms with Crippen LogP contribution in [-0.2, 0) is 16.0 Å². The third-order valence-corrected chi connectivity index (χ3v) is 3.82. The lowest BCUT2D eigenvalue weighted by molar-refractivity contribution is -0.145. The lowest BCUT2D eigenvalue weighted by Crippen LogP contribution is -2.70. The van der Waals surface area contributed by atoms with Gasteiger partial charge in [-0.2, -0.15) is 0 Å². The minimum absolute atomic E-state index is 0.387. The summed E-state index contributed by atoms with van der Waals surface area (Å²) >= 11 is 0. The first kappa shape index (κ1) is 15.5. The summed E-state index contributed by atoms with van der Waals surface area (Å²) in [5.41, 5.74) is 7.80. The van der Waals surface area contributed by atoms with Gasteiger partial charge in [0.25, 0.3) is 0 Å². The van der Waals surface area contributed by atoms with Crippen LogP contribution in [0, 0.1) is 0 Å². The highest BCUT2D eigenvalue weighted by molar-refractivity contribution is 6.49. The van der Waals surface area contributed by atoms with Crippen LogP contribution < -0.4 is 15.4 Å². The number of nitrogens with zero attached hydrogens (tertiary/aromatic N) is 1. The van der Waals surface area contributed by atoms with Crippen LogP contribution in [0.4, 0.5) is 5.69 Å². The van der Waals surface area contributed by atoms with Crippen molar-refractivity contribution < 1.29 is 14.3 Å². The second-order valence-electron chi connectivity index (χ2n) is 4.90. The number of fused-ring (bicyclic) bond motifs is 1. The van der Waals surface area contributed by atoms with Crippen molar-refractivity contribution in [2.24, 2.45) is 5.73 Å². The van der Waals surface area contributed by atoms with E-state index < -0.39 is 17.9 Å². The zero-order valence-corrected chi connectivity index (χ0v) is 12.8. The van der Waals surface area contributed by atoms with Gasteiger partial charge in [-0.1, -0.05) is 26.8 Å². The van der Waals surface area contributed by atoms with E-state index in [2.05, 4.69) is 6.92 Å². The van der Waals surface area contributed by atoms with Gasteiger partial charge in [0, 0.05) is 0 Å². The van der Waals surface area contributed by atoms with Gasteiger partial charge in [-0.05, 0) is 24.1 Å². The lowest BCUT2D eigenvalue weighted by atomic mass is 9.82. The summed E-state index contributed by atoms with van der Waals surface area (Å²) in [5.74, 6) is -0.102. The molecule has 2 unspecified atom stereocenters. The summed E-state index contributed by atoms with van der Waals surface area (Å²) in [5, 5.41) is 0. The van der Waals surface area contributed by atoms with Gasteiger partial charge in [-0.15, -0.1) is 0 Å². The Morgan fingerprint density at radius 2 is 2.00 bits per heavy atom. The van der Waals surface area contributed by atoms with Crippen LogP contribution in [0.3, 0.4) is 0 Å². The predicted molar refractivity (Wildman–Crippen MR) is 81.8 cm³/mol. The number of ketones is 2. The Bertz CT molecular complexity index is 556. The van der Waals surface area contributed by atoms with E-state index in [-0.39, 0.29) is 5.78 Å². The van der Waals surface area contributed by atoms with E-state index in [9.17, 15) is 9.59 Å². The van der Waals surface area contributed by atoms with E-state index in [1.807, 2.05) is 36.9 Å². The fraction of sp³-hybridized carbons (Fsp3) is 0.500. The van der Waals surface area contributed by atoms with E-state index in [1.165, 1.54) is 5.56 Å². The molecule has 5 heteroatoms. The molecular weight excluding hydrogens is 268 g/mol. The Kier molecular flexibility index (Phi) is 4.63. The Morgan fingerprint density at radius 1 is 1.29 bits per heavy atom. The summed E-state index contributed by atoms with van der Waals surface area (Å²) in [7, 11) is 0. The highest BCUT2D eigenvalue weighted by atomic mass is 16.5. The minimum atomic E-state index is -0.705. The second kappa shape index (κ2) is 6.26. The van der Waals surface area contributed by atoms with Gasteiger partial charge in [-0.25, -0.2) is 0 Å². The number of anilines is 1. The smallest absolute Gasteiger partial charge is 0.224 e. The fourth-order valence-corrected chi connectivity index (χ4v) is 2.65. The van der Waals surface area contributed by atoms with Crippen molar-refractivity contribution in [3.05, 3.63) is 23.8 Å². The van der Waals surface area contributed by atoms with E-state index in [1.54, 1.807) is 0 Å². The largest absolute Gasteiger partial charge is 0.490 e. The standard InChI is InChI=1S/C14H16N2O3.C2H6/c1-2-8-3-4-10-9(7-8)16(5-6-19-10)12-11(15)13(17)14(12)18;1-2/h3-4,7,11-12H,2,5-6,15H2,1H3;1-2H3. The van der Waals surface area contributed by atoms with Crippen molar-refractivity contribution >= 4 is 17.3 Å². The monoisotopic (exact) mass is 290 g/mol. The van der Waals surface area contributed by atoms with Gasteiger partial charge in [0.2, 0.25) is 11.6 Å². The number of rotatable bonds is 2. The maximum Gasteiger partial charge on any atom is 0.224 e. The average molecular weight is 290 g/mol. The normalized spacial score (nSPS) is 23.5. The molecule has 1 aromatic carbocycles. The van der Waals surface area contributed by atoms with E-state index in [0.717, 1.165) is 17.9 Å². The number of carbonyl (C=O) groups is 2. The molecule has 1 fully saturated rings. The van der Waals surface area contributed by atoms with Crippen LogP contribution in [0.5, 0.6) is 5.75 Å². The molecular formula is C16H22N2O3. The van der Waals surface area contributed by atoms with Crippen molar-refractivity contribution in [1.29, 1.82) is 0 Å². The quantitative estimate of drug-likeness (QED) is 0.832. The topological polar surface area (TPSA) is 72.6 Å². The highest BCUT2D eigenvalue weighted by Gasteiger charge is 2.51. The molecule has 2 aliphatic rings. The number of benzene rings is 1. The predicted octanol–water partition coefficient (Wildman–Crippen LogP) is 1.32. The Labute approximate surface area is 125 Å². The van der Waals surface area contributed by atoms with Crippen LogP contribution in [0.2, 0.25) is 0 Å². The van der Waals surface area contributed by atoms with Crippen LogP contribution in [0.1, 0.15) is 26.3 Å². The molecule has 0 spiro atoms. The van der Waals surface area contributed by atoms with Crippen LogP contribution >= 0.6 is 0 Å². The Hall–Kier alpha value is -1.88. The number of hydrogen-bond acceptors (Lipinski definition) is 5. The molecule has 21 heavy (non-hydrogen) atoms. The van der Waals surface area contributed by atoms with Crippen molar-refractivity contribution in [2.75, 3.05) is 18.1 Å². The number of nitrogens with two attached hydrogens (primary N) is 1. The molecule has 3 rings (SSSR count). The van der Waals surface area contributed by atoms with Gasteiger partial charge < -0.3 is 15.4 Å². The van der Waals surface area contributed by atoms with Crippen LogP contribution in [0.15, 0.2) is 18.2 Å². The van der Waals surface area contributed by atoms with E-state index in [4.69, 9.17) is 10.5 Å². The maximum atomic E-state index is 11.7. The summed E-state index contributed by atoms with van der Waals surface area (Å²) in [6, 6.07) is 4.70. The minimum Gasteiger partial charge on any atom is -0.490 e. The van der Waals surface area contributed by atoms with Gasteiger partial charge in [0.1, 0.15) is 18.4 Å². The summed E-state index contributed by atoms with van der Waals surface area (Å²) in [6.07, 6.45) is 0.907. The van der Waals surface area contributed by atoms with Crippen LogP contribution in [0.25, 0.3) is 0 Å². The van der Waals surface area contributed by atoms with Gasteiger partial charge >= 0.3 is 0 Å². The first-order valence-corrected chi connectivity index (χ1v) is 7.49. The van der Waals surface area contributed by atoms with E-state index >= 15 is 0 Å². The van der Waals surface area contributed by atoms with Crippen LogP contribution in [-0.4, -0.2) is 36.8 Å². The number of ether oxygens (including phenoxy) is 1. The van der Waals surface area contributed by atoms with Crippen molar-refractivity contribution in [1.82, 2.24) is 0 Å². The molecule has 1 saturated carbocycles. The van der Waals surface area contributed by atoms with Gasteiger partial charge in [0.15, 0.2) is 0 Å². The number of hydrogen-bond donors (Lipinski definition) is 1. The summed E-state index contributed by atoms with van der Waals surface area (Å²) in [4.78, 5) is 24.9. The number of carbonyl (C=O) groups excluding carboxylic acids is 2. The molecule has 0 aromatic heterocycles. The molecule has 0 amide bonds. The molecule has 1 aromatic rings. The summed E-state index contributed by atoms with van der Waals surface area (Å²) < 4.78 is 5.59. The zero-order chi connectivity index (χ0) is 15.6. The molecule has 1 aliphatic carbocycles. The molecule has 5 nitrogen and oxygen atoms in total. The SMILES string of the molecule is CC.CCc1ccc2c(c1)N(C1C(=O)C(=O)C1N)CCO2. The average Bonchev–Trinajstić information content (AvgIpc) is 2.56. The first-order chi connectivity index (χ1) is 10.1. The maximum absolute atomic E-state index is 11.7. The highest BCUT2D eigenvalue weighted by Crippen LogP contribution is 2.36. The molecule has 0 radical (unpaired) electrons. The molecule has 0 bridgehead atoms. The third-order valence-electron chi connectivity index (χ3n) is 3.82. The molecule has 2 atom stereocenters. The van der Waals surface area contributed by atoms with Gasteiger partial charge in [0.05, 0.1) is 18.3 Å². The van der Waals surface area contributed by atoms with Crippen molar-refractivity contribution in [3.63, 3.8) is 0 Å². The Balaban J connectivity index is 0.000000774. The molecule has 1 heterocycles. The second-order valence-corrected chi connectivity index (χ2v) is 4.90. The van der Waals surface area contributed by atoms with E-state index in [0.29, 0.717) is 13.2 Å². The summed E-state index contributed by atoms with van der Waals surface area (Å²) in [6.45, 7) is 7.15. The number of aryl methyl sites for hydroxylation is 1. The zero-order valence-electron chi connectivity index (χ0n) is 12.8. The van der Waals surface area contributed by atoms with Crippen molar-refractivity contribution in [3.8, 4) is 5.75 Å². The molecule has 0 saturated heterocycles. The lowest BCUT2D eigenvalue weighted by Gasteiger charge is -2.43. The third kappa shape index (κ3) is 2.53. The molecule has 2 N–H and O–H groups in total. The Morgan fingerprint density at radius 3 is 2.62 bits per heavy atom. The first-order valence-electron chi connectivity index (χ1n) is 7.49. The number of Topliss-reactive ketones (excluding diaryl/α,β-unsaturated/α-hetero) is 2. The van der Waals surface area contributed by atoms with Crippen molar-refractivity contribution in [2.45, 2.75) is 39.3 Å². The fourth-order valence-electron chi connectivity index (χ4n) is 2.65. The molecule has 1 aliphatic heterocycles. The van der Waals surface area contributed by atoms with Gasteiger partial charge in [-0.3, -0.25) is 9.59 Å².